The standard InChI is InChI=1S/C16H21NO4.Na/c18-15(19)14-8-6-12(7-9-14)10-17-16(20)21-11-13-4-2-1-3-5-13;/h1-5,12,14H,6-11H2,(H,17,20)(H,18,19);/q;+1/p-1/t12-,14-;. The predicted molar refractivity (Wildman–Crippen MR) is 75.1 cm³/mol. The van der Waals surface area contributed by atoms with E-state index in [9.17, 15) is 14.7 Å². The zero-order valence-electron chi connectivity index (χ0n) is 12.9. The van der Waals surface area contributed by atoms with E-state index < -0.39 is 12.1 Å². The van der Waals surface area contributed by atoms with Gasteiger partial charge in [0.05, 0.1) is 0 Å². The van der Waals surface area contributed by atoms with Gasteiger partial charge in [-0.15, -0.1) is 0 Å². The molecule has 0 spiro atoms. The number of carbonyl (C=O) groups excluding carboxylic acids is 2. The van der Waals surface area contributed by atoms with Crippen LogP contribution >= 0.6 is 0 Å². The topological polar surface area (TPSA) is 78.5 Å². The van der Waals surface area contributed by atoms with E-state index in [1.165, 1.54) is 0 Å². The molecule has 1 aromatic carbocycles. The second-order valence-corrected chi connectivity index (χ2v) is 5.48. The Morgan fingerprint density at radius 1 is 1.14 bits per heavy atom. The molecule has 1 saturated carbocycles. The van der Waals surface area contributed by atoms with Crippen molar-refractivity contribution in [3.63, 3.8) is 0 Å². The van der Waals surface area contributed by atoms with E-state index in [0.717, 1.165) is 18.4 Å². The monoisotopic (exact) mass is 313 g/mol. The fourth-order valence-corrected chi connectivity index (χ4v) is 2.60. The van der Waals surface area contributed by atoms with Crippen LogP contribution in [0.2, 0.25) is 0 Å². The molecular formula is C16H20NNaO4. The van der Waals surface area contributed by atoms with Crippen molar-refractivity contribution in [3.05, 3.63) is 35.9 Å². The summed E-state index contributed by atoms with van der Waals surface area (Å²) in [6, 6.07) is 9.49. The molecule has 2 rings (SSSR count). The number of hydrogen-bond acceptors (Lipinski definition) is 4. The smallest absolute Gasteiger partial charge is 0.550 e. The zero-order chi connectivity index (χ0) is 15.1. The Bertz CT molecular complexity index is 472. The summed E-state index contributed by atoms with van der Waals surface area (Å²) >= 11 is 0. The fraction of sp³-hybridized carbons (Fsp3) is 0.500. The Balaban J connectivity index is 0.00000242. The maximum atomic E-state index is 11.6. The SMILES string of the molecule is O=C(NC[C@H]1CC[C@H](C(=O)[O-])CC1)OCc1ccccc1.[Na+]. The van der Waals surface area contributed by atoms with Crippen LogP contribution in [-0.4, -0.2) is 18.6 Å². The van der Waals surface area contributed by atoms with E-state index in [1.807, 2.05) is 30.3 Å². The van der Waals surface area contributed by atoms with E-state index in [-0.39, 0.29) is 42.1 Å². The molecule has 1 fully saturated rings. The molecule has 1 amide bonds. The van der Waals surface area contributed by atoms with Gasteiger partial charge in [-0.3, -0.25) is 0 Å². The Kier molecular flexibility index (Phi) is 8.53. The fourth-order valence-electron chi connectivity index (χ4n) is 2.60. The number of nitrogens with one attached hydrogen (secondary N) is 1. The van der Waals surface area contributed by atoms with Crippen molar-refractivity contribution >= 4 is 12.1 Å². The van der Waals surface area contributed by atoms with E-state index in [2.05, 4.69) is 5.32 Å². The summed E-state index contributed by atoms with van der Waals surface area (Å²) in [6.07, 6.45) is 2.44. The van der Waals surface area contributed by atoms with Gasteiger partial charge in [0.15, 0.2) is 0 Å². The van der Waals surface area contributed by atoms with Crippen LogP contribution in [0.5, 0.6) is 0 Å². The van der Waals surface area contributed by atoms with Gasteiger partial charge in [0.1, 0.15) is 6.61 Å². The molecule has 1 aromatic rings. The number of carbonyl (C=O) groups is 2. The van der Waals surface area contributed by atoms with Gasteiger partial charge in [-0.25, -0.2) is 4.79 Å². The predicted octanol–water partition coefficient (Wildman–Crippen LogP) is -1.53. The van der Waals surface area contributed by atoms with Crippen LogP contribution in [0, 0.1) is 11.8 Å². The Morgan fingerprint density at radius 3 is 2.36 bits per heavy atom. The molecule has 0 atom stereocenters. The number of amides is 1. The van der Waals surface area contributed by atoms with Crippen molar-refractivity contribution in [1.29, 1.82) is 0 Å². The number of ether oxygens (including phenoxy) is 1. The number of rotatable bonds is 5. The second-order valence-electron chi connectivity index (χ2n) is 5.48. The van der Waals surface area contributed by atoms with Gasteiger partial charge in [0, 0.05) is 12.5 Å². The van der Waals surface area contributed by atoms with E-state index in [4.69, 9.17) is 4.74 Å². The van der Waals surface area contributed by atoms with Gasteiger partial charge in [0.2, 0.25) is 0 Å². The minimum Gasteiger partial charge on any atom is -0.550 e. The minimum absolute atomic E-state index is 0. The molecule has 0 heterocycles. The number of carboxylic acid groups (broad SMARTS) is 1. The summed E-state index contributed by atoms with van der Waals surface area (Å²) < 4.78 is 5.12. The van der Waals surface area contributed by atoms with Crippen LogP contribution in [0.1, 0.15) is 31.2 Å². The first kappa shape index (κ1) is 19.0. The quantitative estimate of drug-likeness (QED) is 0.669. The van der Waals surface area contributed by atoms with Gasteiger partial charge < -0.3 is 20.0 Å². The first-order valence-electron chi connectivity index (χ1n) is 7.30. The van der Waals surface area contributed by atoms with Crippen LogP contribution in [0.3, 0.4) is 0 Å². The van der Waals surface area contributed by atoms with Crippen LogP contribution in [0.25, 0.3) is 0 Å². The zero-order valence-corrected chi connectivity index (χ0v) is 14.9. The van der Waals surface area contributed by atoms with Gasteiger partial charge in [0.25, 0.3) is 0 Å². The molecule has 22 heavy (non-hydrogen) atoms. The van der Waals surface area contributed by atoms with E-state index >= 15 is 0 Å². The molecular weight excluding hydrogens is 293 g/mol. The van der Waals surface area contributed by atoms with Gasteiger partial charge >= 0.3 is 35.7 Å². The number of carboxylic acids is 1. The van der Waals surface area contributed by atoms with Gasteiger partial charge in [-0.2, -0.15) is 0 Å². The van der Waals surface area contributed by atoms with E-state index in [1.54, 1.807) is 0 Å². The molecule has 0 unspecified atom stereocenters. The Morgan fingerprint density at radius 2 is 1.77 bits per heavy atom. The summed E-state index contributed by atoms with van der Waals surface area (Å²) in [5.41, 5.74) is 0.946. The summed E-state index contributed by atoms with van der Waals surface area (Å²) in [4.78, 5) is 22.3. The third-order valence-electron chi connectivity index (χ3n) is 3.93. The van der Waals surface area contributed by atoms with Crippen molar-refractivity contribution < 1.29 is 49.0 Å². The maximum absolute atomic E-state index is 11.6. The molecule has 1 N–H and O–H groups in total. The third kappa shape index (κ3) is 6.38. The van der Waals surface area contributed by atoms with Crippen LogP contribution in [0.4, 0.5) is 4.79 Å². The second kappa shape index (κ2) is 9.87. The summed E-state index contributed by atoms with van der Waals surface area (Å²) in [5.74, 6) is -0.958. The van der Waals surface area contributed by atoms with Crippen LogP contribution < -0.4 is 40.0 Å². The molecule has 0 aliphatic heterocycles. The summed E-state index contributed by atoms with van der Waals surface area (Å²) in [7, 11) is 0. The van der Waals surface area contributed by atoms with Crippen LogP contribution in [-0.2, 0) is 16.1 Å². The summed E-state index contributed by atoms with van der Waals surface area (Å²) in [5, 5.41) is 13.5. The first-order valence-corrected chi connectivity index (χ1v) is 7.30. The number of benzene rings is 1. The number of alkyl carbamates (subject to hydrolysis) is 1. The van der Waals surface area contributed by atoms with Crippen molar-refractivity contribution in [2.75, 3.05) is 6.54 Å². The molecule has 1 aliphatic carbocycles. The molecule has 114 valence electrons. The summed E-state index contributed by atoms with van der Waals surface area (Å²) in [6.45, 7) is 0.789. The van der Waals surface area contributed by atoms with Crippen molar-refractivity contribution in [2.24, 2.45) is 11.8 Å². The average Bonchev–Trinajstić information content (AvgIpc) is 2.52. The molecule has 0 bridgehead atoms. The molecule has 5 nitrogen and oxygen atoms in total. The molecule has 0 radical (unpaired) electrons. The Hall–Kier alpha value is -1.04. The maximum Gasteiger partial charge on any atom is 1.00 e. The van der Waals surface area contributed by atoms with Gasteiger partial charge in [-0.05, 0) is 43.1 Å². The van der Waals surface area contributed by atoms with Crippen molar-refractivity contribution in [2.45, 2.75) is 32.3 Å². The minimum atomic E-state index is -0.955. The van der Waals surface area contributed by atoms with Crippen molar-refractivity contribution in [3.8, 4) is 0 Å². The molecule has 0 saturated heterocycles. The third-order valence-corrected chi connectivity index (χ3v) is 3.93. The normalized spacial score (nSPS) is 20.5. The molecule has 0 aromatic heterocycles. The number of aliphatic carboxylic acids is 1. The van der Waals surface area contributed by atoms with Gasteiger partial charge in [-0.1, -0.05) is 30.3 Å². The first-order chi connectivity index (χ1) is 10.1. The molecule has 1 aliphatic rings. The van der Waals surface area contributed by atoms with Crippen molar-refractivity contribution in [1.82, 2.24) is 5.32 Å². The van der Waals surface area contributed by atoms with E-state index in [0.29, 0.717) is 25.3 Å². The Labute approximate surface area is 152 Å². The van der Waals surface area contributed by atoms with Crippen LogP contribution in [0.15, 0.2) is 30.3 Å². The molecule has 6 heteroatoms. The average molecular weight is 313 g/mol. The largest absolute Gasteiger partial charge is 1.00 e. The number of hydrogen-bond donors (Lipinski definition) is 1.